The van der Waals surface area contributed by atoms with Crippen LogP contribution in [0, 0.1) is 0 Å². The second kappa shape index (κ2) is 6.23. The van der Waals surface area contributed by atoms with Gasteiger partial charge in [0.25, 0.3) is 0 Å². The highest BCUT2D eigenvalue weighted by atomic mass is 79.9. The van der Waals surface area contributed by atoms with Crippen molar-refractivity contribution in [3.63, 3.8) is 0 Å². The predicted octanol–water partition coefficient (Wildman–Crippen LogP) is 1.07. The molecule has 2 rings (SSSR count). The third kappa shape index (κ3) is 3.60. The van der Waals surface area contributed by atoms with E-state index in [9.17, 15) is 0 Å². The van der Waals surface area contributed by atoms with Gasteiger partial charge in [0.1, 0.15) is 16.4 Å². The lowest BCUT2D eigenvalue weighted by atomic mass is 10.0. The van der Waals surface area contributed by atoms with Crippen LogP contribution in [0.5, 0.6) is 0 Å². The minimum atomic E-state index is -0.729. The van der Waals surface area contributed by atoms with E-state index >= 15 is 0 Å². The topological polar surface area (TPSA) is 80.0 Å². The van der Waals surface area contributed by atoms with Crippen molar-refractivity contribution in [2.75, 3.05) is 19.6 Å². The predicted molar refractivity (Wildman–Crippen MR) is 79.3 cm³/mol. The lowest BCUT2D eigenvalue weighted by molar-refractivity contribution is 0.212. The van der Waals surface area contributed by atoms with Crippen LogP contribution in [0.3, 0.4) is 0 Å². The van der Waals surface area contributed by atoms with Gasteiger partial charge in [-0.1, -0.05) is 6.42 Å². The molecule has 2 heterocycles. The summed E-state index contributed by atoms with van der Waals surface area (Å²) in [6.07, 6.45) is 7.03. The second-order valence-electron chi connectivity index (χ2n) is 5.15. The molecule has 0 radical (unpaired) electrons. The fourth-order valence-corrected chi connectivity index (χ4v) is 2.83. The average molecular weight is 316 g/mol. The number of piperidine rings is 1. The van der Waals surface area contributed by atoms with Crippen molar-refractivity contribution in [1.82, 2.24) is 4.90 Å². The van der Waals surface area contributed by atoms with Gasteiger partial charge in [-0.05, 0) is 61.2 Å². The van der Waals surface area contributed by atoms with Crippen molar-refractivity contribution < 1.29 is 0 Å². The third-order valence-electron chi connectivity index (χ3n) is 3.69. The van der Waals surface area contributed by atoms with Gasteiger partial charge in [-0.15, -0.1) is 0 Å². The first-order chi connectivity index (χ1) is 8.60. The highest BCUT2D eigenvalue weighted by Crippen LogP contribution is 2.20. The Hall–Kier alpha value is -0.300. The first-order valence-corrected chi connectivity index (χ1v) is 7.45. The van der Waals surface area contributed by atoms with Crippen molar-refractivity contribution in [3.8, 4) is 0 Å². The first-order valence-electron chi connectivity index (χ1n) is 6.65. The van der Waals surface area contributed by atoms with Crippen LogP contribution in [0.25, 0.3) is 0 Å². The molecule has 0 aromatic rings. The summed E-state index contributed by atoms with van der Waals surface area (Å²) in [5.41, 5.74) is 11.4. The lowest BCUT2D eigenvalue weighted by Crippen LogP contribution is -2.55. The van der Waals surface area contributed by atoms with Crippen LogP contribution in [-0.2, 0) is 0 Å². The van der Waals surface area contributed by atoms with E-state index in [2.05, 4.69) is 30.8 Å². The summed E-state index contributed by atoms with van der Waals surface area (Å²) >= 11 is 3.27. The van der Waals surface area contributed by atoms with E-state index in [1.54, 1.807) is 6.21 Å². The van der Waals surface area contributed by atoms with E-state index in [1.165, 1.54) is 32.4 Å². The number of nitrogens with zero attached hydrogens (tertiary/aromatic N) is 3. The molecule has 6 heteroatoms. The normalized spacial score (nSPS) is 33.5. The van der Waals surface area contributed by atoms with Crippen LogP contribution in [0.15, 0.2) is 9.98 Å². The summed E-state index contributed by atoms with van der Waals surface area (Å²) in [5, 5.41) is 0. The van der Waals surface area contributed by atoms with Gasteiger partial charge in [0.2, 0.25) is 0 Å². The molecule has 1 saturated heterocycles. The molecule has 2 aliphatic heterocycles. The fraction of sp³-hybridized carbons (Fsp3) is 0.833. The van der Waals surface area contributed by atoms with Crippen molar-refractivity contribution in [2.45, 2.75) is 43.9 Å². The molecule has 4 N–H and O–H groups in total. The van der Waals surface area contributed by atoms with Crippen LogP contribution >= 0.6 is 15.9 Å². The van der Waals surface area contributed by atoms with Crippen LogP contribution in [0.4, 0.5) is 0 Å². The van der Waals surface area contributed by atoms with Gasteiger partial charge in [0.15, 0.2) is 0 Å². The van der Waals surface area contributed by atoms with Crippen molar-refractivity contribution in [1.29, 1.82) is 0 Å². The van der Waals surface area contributed by atoms with Gasteiger partial charge in [-0.3, -0.25) is 9.98 Å². The van der Waals surface area contributed by atoms with Gasteiger partial charge in [0, 0.05) is 0 Å². The van der Waals surface area contributed by atoms with Crippen LogP contribution in [0.2, 0.25) is 0 Å². The van der Waals surface area contributed by atoms with E-state index in [-0.39, 0.29) is 0 Å². The Balaban J connectivity index is 1.77. The molecule has 2 atom stereocenters. The molecule has 0 saturated carbocycles. The maximum absolute atomic E-state index is 6.21. The van der Waals surface area contributed by atoms with Gasteiger partial charge < -0.3 is 16.4 Å². The Morgan fingerprint density at radius 2 is 2.11 bits per heavy atom. The van der Waals surface area contributed by atoms with E-state index in [0.29, 0.717) is 4.62 Å². The third-order valence-corrected chi connectivity index (χ3v) is 4.10. The van der Waals surface area contributed by atoms with Gasteiger partial charge in [-0.2, -0.15) is 0 Å². The number of hydrogen-bond acceptors (Lipinski definition) is 5. The Labute approximate surface area is 117 Å². The summed E-state index contributed by atoms with van der Waals surface area (Å²) in [7, 11) is 0. The molecular formula is C12H22BrN5. The summed E-state index contributed by atoms with van der Waals surface area (Å²) in [4.78, 5) is 11.1. The monoisotopic (exact) mass is 315 g/mol. The van der Waals surface area contributed by atoms with Crippen LogP contribution in [-0.4, -0.2) is 47.2 Å². The molecular weight excluding hydrogens is 294 g/mol. The minimum Gasteiger partial charge on any atom is -0.307 e. The standard InChI is InChI=1S/C12H22BrN5/c13-10-9-16-12(15,11(14)17-10)5-4-8-18-6-2-1-3-7-18/h9,11H,1-8,14-15H2. The molecule has 0 aromatic carbocycles. The van der Waals surface area contributed by atoms with Gasteiger partial charge >= 0.3 is 0 Å². The van der Waals surface area contributed by atoms with E-state index in [0.717, 1.165) is 19.4 Å². The molecule has 5 nitrogen and oxygen atoms in total. The Kier molecular flexibility index (Phi) is 4.89. The largest absolute Gasteiger partial charge is 0.307 e. The Morgan fingerprint density at radius 1 is 1.39 bits per heavy atom. The van der Waals surface area contributed by atoms with E-state index < -0.39 is 11.8 Å². The van der Waals surface area contributed by atoms with Gasteiger partial charge in [-0.25, -0.2) is 0 Å². The zero-order chi connectivity index (χ0) is 13.0. The zero-order valence-corrected chi connectivity index (χ0v) is 12.3. The molecule has 102 valence electrons. The smallest absolute Gasteiger partial charge is 0.143 e. The number of hydrogen-bond donors (Lipinski definition) is 2. The van der Waals surface area contributed by atoms with Crippen molar-refractivity contribution >= 4 is 26.8 Å². The van der Waals surface area contributed by atoms with Crippen molar-refractivity contribution in [3.05, 3.63) is 0 Å². The molecule has 2 unspecified atom stereocenters. The summed E-state index contributed by atoms with van der Waals surface area (Å²) < 4.78 is 0.673. The molecule has 0 amide bonds. The van der Waals surface area contributed by atoms with E-state index in [4.69, 9.17) is 11.5 Å². The Bertz CT molecular complexity index is 337. The summed E-state index contributed by atoms with van der Waals surface area (Å²) in [6, 6.07) is 0. The van der Waals surface area contributed by atoms with E-state index in [1.807, 2.05) is 0 Å². The molecule has 0 bridgehead atoms. The molecule has 0 aromatic heterocycles. The highest BCUT2D eigenvalue weighted by Gasteiger charge is 2.33. The maximum atomic E-state index is 6.21. The van der Waals surface area contributed by atoms with Crippen molar-refractivity contribution in [2.24, 2.45) is 21.5 Å². The first kappa shape index (κ1) is 14.1. The summed E-state index contributed by atoms with van der Waals surface area (Å²) in [6.45, 7) is 3.53. The summed E-state index contributed by atoms with van der Waals surface area (Å²) in [5.74, 6) is 0. The zero-order valence-electron chi connectivity index (χ0n) is 10.7. The SMILES string of the molecule is NC1N=C(Br)C=NC1(N)CCCN1CCCCC1. The number of nitrogens with two attached hydrogens (primary N) is 2. The molecule has 0 spiro atoms. The second-order valence-corrected chi connectivity index (χ2v) is 5.96. The molecule has 18 heavy (non-hydrogen) atoms. The maximum Gasteiger partial charge on any atom is 0.143 e. The molecule has 1 fully saturated rings. The minimum absolute atomic E-state index is 0.446. The molecule has 0 aliphatic carbocycles. The quantitative estimate of drug-likeness (QED) is 0.814. The average Bonchev–Trinajstić information content (AvgIpc) is 2.36. The number of aliphatic imine (C=N–C) groups is 2. The Morgan fingerprint density at radius 3 is 2.78 bits per heavy atom. The lowest BCUT2D eigenvalue weighted by Gasteiger charge is -2.32. The van der Waals surface area contributed by atoms with Crippen LogP contribution in [0.1, 0.15) is 32.1 Å². The fourth-order valence-electron chi connectivity index (χ4n) is 2.51. The number of likely N-dealkylation sites (tertiary alicyclic amines) is 1. The van der Waals surface area contributed by atoms with Gasteiger partial charge in [0.05, 0.1) is 6.21 Å². The number of rotatable bonds is 4. The van der Waals surface area contributed by atoms with Crippen LogP contribution < -0.4 is 11.5 Å². The highest BCUT2D eigenvalue weighted by molar-refractivity contribution is 9.19. The molecule has 2 aliphatic rings. The number of halogens is 1.